The van der Waals surface area contributed by atoms with Gasteiger partial charge < -0.3 is 10.6 Å². The predicted octanol–water partition coefficient (Wildman–Crippen LogP) is 1.06. The molecule has 0 bridgehead atoms. The number of carbonyl (C=O) groups excluding carboxylic acids is 1. The molecule has 18 heavy (non-hydrogen) atoms. The molecule has 1 amide bonds. The summed E-state index contributed by atoms with van der Waals surface area (Å²) in [5.74, 6) is 1.96. The molecule has 1 aromatic carbocycles. The molecule has 0 fully saturated rings. The van der Waals surface area contributed by atoms with Crippen LogP contribution in [0.25, 0.3) is 0 Å². The van der Waals surface area contributed by atoms with Gasteiger partial charge in [-0.2, -0.15) is 0 Å². The van der Waals surface area contributed by atoms with E-state index in [1.807, 2.05) is 0 Å². The highest BCUT2D eigenvalue weighted by Crippen LogP contribution is 2.27. The van der Waals surface area contributed by atoms with E-state index in [1.165, 1.54) is 6.07 Å². The van der Waals surface area contributed by atoms with E-state index in [0.29, 0.717) is 11.3 Å². The van der Waals surface area contributed by atoms with Crippen LogP contribution in [0.4, 0.5) is 11.4 Å². The fourth-order valence-electron chi connectivity index (χ4n) is 1.42. The monoisotopic (exact) mass is 247 g/mol. The van der Waals surface area contributed by atoms with Crippen molar-refractivity contribution in [1.29, 1.82) is 0 Å². The Bertz CT molecular complexity index is 506. The van der Waals surface area contributed by atoms with Crippen molar-refractivity contribution in [3.05, 3.63) is 33.9 Å². The summed E-state index contributed by atoms with van der Waals surface area (Å²) in [5.41, 5.74) is 0.993. The molecule has 0 aliphatic carbocycles. The van der Waals surface area contributed by atoms with Crippen molar-refractivity contribution in [2.24, 2.45) is 0 Å². The highest BCUT2D eigenvalue weighted by molar-refractivity contribution is 5.82. The third-order valence-corrected chi connectivity index (χ3v) is 2.26. The zero-order valence-corrected chi connectivity index (χ0v) is 9.90. The Morgan fingerprint density at radius 1 is 1.56 bits per heavy atom. The molecule has 6 heteroatoms. The van der Waals surface area contributed by atoms with E-state index in [1.54, 1.807) is 19.1 Å². The zero-order valence-electron chi connectivity index (χ0n) is 9.90. The third kappa shape index (κ3) is 3.49. The first-order chi connectivity index (χ1) is 8.56. The molecule has 0 aromatic heterocycles. The lowest BCUT2D eigenvalue weighted by atomic mass is 10.1. The standard InChI is InChI=1S/C12H13N3O3/c1-3-7-13-11(16)8-14-12-9(2)5-4-6-10(12)15(17)18/h1,4-6,14H,7-8H2,2H3,(H,13,16). The van der Waals surface area contributed by atoms with Gasteiger partial charge in [0.25, 0.3) is 5.69 Å². The van der Waals surface area contributed by atoms with E-state index >= 15 is 0 Å². The first-order valence-electron chi connectivity index (χ1n) is 5.24. The van der Waals surface area contributed by atoms with Gasteiger partial charge in [-0.15, -0.1) is 6.42 Å². The molecular weight excluding hydrogens is 234 g/mol. The van der Waals surface area contributed by atoms with Crippen molar-refractivity contribution in [3.63, 3.8) is 0 Å². The van der Waals surface area contributed by atoms with E-state index in [0.717, 1.165) is 0 Å². The summed E-state index contributed by atoms with van der Waals surface area (Å²) < 4.78 is 0. The second kappa shape index (κ2) is 6.25. The lowest BCUT2D eigenvalue weighted by Gasteiger charge is -2.09. The quantitative estimate of drug-likeness (QED) is 0.463. The molecule has 0 radical (unpaired) electrons. The van der Waals surface area contributed by atoms with Gasteiger partial charge in [-0.25, -0.2) is 0 Å². The molecule has 0 saturated heterocycles. The molecule has 0 unspecified atom stereocenters. The summed E-state index contributed by atoms with van der Waals surface area (Å²) in [6.07, 6.45) is 5.00. The van der Waals surface area contributed by atoms with Crippen molar-refractivity contribution >= 4 is 17.3 Å². The molecule has 1 rings (SSSR count). The number of hydrogen-bond acceptors (Lipinski definition) is 4. The van der Waals surface area contributed by atoms with Crippen molar-refractivity contribution in [2.45, 2.75) is 6.92 Å². The number of para-hydroxylation sites is 1. The molecule has 0 spiro atoms. The first-order valence-corrected chi connectivity index (χ1v) is 5.24. The molecule has 0 saturated carbocycles. The normalized spacial score (nSPS) is 9.33. The lowest BCUT2D eigenvalue weighted by Crippen LogP contribution is -2.30. The molecule has 2 N–H and O–H groups in total. The number of nitrogens with zero attached hydrogens (tertiary/aromatic N) is 1. The molecular formula is C12H13N3O3. The van der Waals surface area contributed by atoms with Gasteiger partial charge in [-0.1, -0.05) is 18.1 Å². The van der Waals surface area contributed by atoms with Gasteiger partial charge in [0.15, 0.2) is 0 Å². The molecule has 0 atom stereocenters. The van der Waals surface area contributed by atoms with Gasteiger partial charge in [0.2, 0.25) is 5.91 Å². The average molecular weight is 247 g/mol. The van der Waals surface area contributed by atoms with Crippen LogP contribution in [0, 0.1) is 29.4 Å². The Morgan fingerprint density at radius 3 is 2.89 bits per heavy atom. The Kier molecular flexibility index (Phi) is 4.69. The van der Waals surface area contributed by atoms with Crippen LogP contribution in [0.15, 0.2) is 18.2 Å². The number of rotatable bonds is 5. The number of nitro benzene ring substituents is 1. The number of aryl methyl sites for hydroxylation is 1. The number of amides is 1. The van der Waals surface area contributed by atoms with Gasteiger partial charge in [0.1, 0.15) is 5.69 Å². The SMILES string of the molecule is C#CCNC(=O)CNc1c(C)cccc1[N+](=O)[O-]. The minimum Gasteiger partial charge on any atom is -0.370 e. The summed E-state index contributed by atoms with van der Waals surface area (Å²) in [6.45, 7) is 1.80. The number of anilines is 1. The molecule has 1 aromatic rings. The van der Waals surface area contributed by atoms with Crippen LogP contribution in [0.5, 0.6) is 0 Å². The minimum atomic E-state index is -0.491. The highest BCUT2D eigenvalue weighted by Gasteiger charge is 2.15. The second-order valence-electron chi connectivity index (χ2n) is 3.56. The Labute approximate surface area is 105 Å². The van der Waals surface area contributed by atoms with Crippen LogP contribution < -0.4 is 10.6 Å². The third-order valence-electron chi connectivity index (χ3n) is 2.26. The van der Waals surface area contributed by atoms with Gasteiger partial charge in [0.05, 0.1) is 18.0 Å². The number of benzene rings is 1. The van der Waals surface area contributed by atoms with Crippen LogP contribution in [0.2, 0.25) is 0 Å². The van der Waals surface area contributed by atoms with E-state index < -0.39 is 4.92 Å². The van der Waals surface area contributed by atoms with Crippen LogP contribution in [-0.4, -0.2) is 23.9 Å². The topological polar surface area (TPSA) is 84.3 Å². The summed E-state index contributed by atoms with van der Waals surface area (Å²) in [5, 5.41) is 16.0. The summed E-state index contributed by atoms with van der Waals surface area (Å²) in [6, 6.07) is 4.71. The fourth-order valence-corrected chi connectivity index (χ4v) is 1.42. The first kappa shape index (κ1) is 13.5. The number of hydrogen-bond donors (Lipinski definition) is 2. The summed E-state index contributed by atoms with van der Waals surface area (Å²) in [4.78, 5) is 21.7. The predicted molar refractivity (Wildman–Crippen MR) is 68.2 cm³/mol. The molecule has 94 valence electrons. The van der Waals surface area contributed by atoms with Crippen LogP contribution in [-0.2, 0) is 4.79 Å². The maximum Gasteiger partial charge on any atom is 0.292 e. The largest absolute Gasteiger partial charge is 0.370 e. The Hall–Kier alpha value is -2.55. The molecule has 0 heterocycles. The van der Waals surface area contributed by atoms with E-state index in [9.17, 15) is 14.9 Å². The molecule has 0 aliphatic heterocycles. The minimum absolute atomic E-state index is 0.0558. The van der Waals surface area contributed by atoms with Crippen molar-refractivity contribution in [1.82, 2.24) is 5.32 Å². The molecule has 0 aliphatic rings. The van der Waals surface area contributed by atoms with Crippen molar-refractivity contribution < 1.29 is 9.72 Å². The number of terminal acetylenes is 1. The van der Waals surface area contributed by atoms with Crippen molar-refractivity contribution in [2.75, 3.05) is 18.4 Å². The van der Waals surface area contributed by atoms with Crippen LogP contribution in [0.1, 0.15) is 5.56 Å². The summed E-state index contributed by atoms with van der Waals surface area (Å²) in [7, 11) is 0. The lowest BCUT2D eigenvalue weighted by molar-refractivity contribution is -0.384. The zero-order chi connectivity index (χ0) is 13.5. The molecule has 6 nitrogen and oxygen atoms in total. The van der Waals surface area contributed by atoms with Gasteiger partial charge in [-0.05, 0) is 12.5 Å². The average Bonchev–Trinajstić information content (AvgIpc) is 2.34. The maximum atomic E-state index is 11.3. The van der Waals surface area contributed by atoms with E-state index in [-0.39, 0.29) is 24.7 Å². The number of nitro groups is 1. The van der Waals surface area contributed by atoms with Gasteiger partial charge in [-0.3, -0.25) is 14.9 Å². The second-order valence-corrected chi connectivity index (χ2v) is 3.56. The van der Waals surface area contributed by atoms with Gasteiger partial charge >= 0.3 is 0 Å². The maximum absolute atomic E-state index is 11.3. The van der Waals surface area contributed by atoms with Crippen molar-refractivity contribution in [3.8, 4) is 12.3 Å². The smallest absolute Gasteiger partial charge is 0.292 e. The van der Waals surface area contributed by atoms with Crippen LogP contribution in [0.3, 0.4) is 0 Å². The Morgan fingerprint density at radius 2 is 2.28 bits per heavy atom. The number of nitrogens with one attached hydrogen (secondary N) is 2. The van der Waals surface area contributed by atoms with E-state index in [2.05, 4.69) is 16.6 Å². The van der Waals surface area contributed by atoms with Crippen LogP contribution >= 0.6 is 0 Å². The fraction of sp³-hybridized carbons (Fsp3) is 0.250. The summed E-state index contributed by atoms with van der Waals surface area (Å²) >= 11 is 0. The number of carbonyl (C=O) groups is 1. The highest BCUT2D eigenvalue weighted by atomic mass is 16.6. The van der Waals surface area contributed by atoms with E-state index in [4.69, 9.17) is 6.42 Å². The Balaban J connectivity index is 2.76. The van der Waals surface area contributed by atoms with Gasteiger partial charge in [0, 0.05) is 6.07 Å².